The Labute approximate surface area is 147 Å². The third-order valence-electron chi connectivity index (χ3n) is 3.36. The van der Waals surface area contributed by atoms with Crippen LogP contribution in [-0.4, -0.2) is 20.6 Å². The van der Waals surface area contributed by atoms with Gasteiger partial charge in [-0.25, -0.2) is 4.68 Å². The van der Waals surface area contributed by atoms with E-state index in [0.717, 1.165) is 11.3 Å². The minimum absolute atomic E-state index is 0.00286. The summed E-state index contributed by atoms with van der Waals surface area (Å²) in [5.74, 6) is 0.209. The van der Waals surface area contributed by atoms with E-state index in [-0.39, 0.29) is 11.6 Å². The van der Waals surface area contributed by atoms with Crippen LogP contribution in [0.1, 0.15) is 11.3 Å². The van der Waals surface area contributed by atoms with Gasteiger partial charge in [0, 0.05) is 24.3 Å². The number of amides is 1. The Morgan fingerprint density at radius 1 is 1.32 bits per heavy atom. The number of aryl methyl sites for hydroxylation is 1. The van der Waals surface area contributed by atoms with Gasteiger partial charge in [0.05, 0.1) is 16.3 Å². The molecule has 0 aliphatic rings. The molecule has 0 spiro atoms. The molecule has 0 saturated heterocycles. The molecular weight excluding hydrogens is 340 g/mol. The van der Waals surface area contributed by atoms with Gasteiger partial charge in [-0.1, -0.05) is 0 Å². The van der Waals surface area contributed by atoms with E-state index in [1.165, 1.54) is 22.9 Å². The molecule has 7 nitrogen and oxygen atoms in total. The van der Waals surface area contributed by atoms with Crippen LogP contribution >= 0.6 is 11.3 Å². The van der Waals surface area contributed by atoms with Crippen LogP contribution in [0.5, 0.6) is 0 Å². The topological polar surface area (TPSA) is 90.1 Å². The van der Waals surface area contributed by atoms with Gasteiger partial charge in [-0.15, -0.1) is 0 Å². The standard InChI is InChI=1S/C17H14N4O3S/c1-12-10-16(18-17(22)7-2-13-8-9-25-11-13)20(19-12)14-3-5-15(6-4-14)21(23)24/h2-11H,1H3,(H,18,22)/b7-2+. The Hall–Kier alpha value is -3.26. The van der Waals surface area contributed by atoms with Crippen molar-refractivity contribution in [3.63, 3.8) is 0 Å². The van der Waals surface area contributed by atoms with Crippen LogP contribution in [0, 0.1) is 17.0 Å². The van der Waals surface area contributed by atoms with Crippen molar-refractivity contribution in [1.82, 2.24) is 9.78 Å². The van der Waals surface area contributed by atoms with Crippen molar-refractivity contribution in [2.75, 3.05) is 5.32 Å². The van der Waals surface area contributed by atoms with E-state index >= 15 is 0 Å². The van der Waals surface area contributed by atoms with Crippen molar-refractivity contribution < 1.29 is 9.72 Å². The molecule has 126 valence electrons. The van der Waals surface area contributed by atoms with Crippen molar-refractivity contribution in [2.24, 2.45) is 0 Å². The van der Waals surface area contributed by atoms with Gasteiger partial charge in [0.25, 0.3) is 5.69 Å². The smallest absolute Gasteiger partial charge is 0.269 e. The van der Waals surface area contributed by atoms with E-state index < -0.39 is 4.92 Å². The van der Waals surface area contributed by atoms with Crippen LogP contribution < -0.4 is 5.32 Å². The molecule has 0 unspecified atom stereocenters. The SMILES string of the molecule is Cc1cc(NC(=O)/C=C/c2ccsc2)n(-c2ccc([N+](=O)[O-])cc2)n1. The van der Waals surface area contributed by atoms with Gasteiger partial charge in [-0.05, 0) is 47.5 Å². The highest BCUT2D eigenvalue weighted by molar-refractivity contribution is 7.08. The summed E-state index contributed by atoms with van der Waals surface area (Å²) in [6.45, 7) is 1.80. The minimum Gasteiger partial charge on any atom is -0.307 e. The summed E-state index contributed by atoms with van der Waals surface area (Å²) in [4.78, 5) is 22.4. The molecule has 0 fully saturated rings. The van der Waals surface area contributed by atoms with Crippen LogP contribution in [0.2, 0.25) is 0 Å². The predicted octanol–water partition coefficient (Wildman–Crippen LogP) is 3.80. The molecule has 8 heteroatoms. The number of thiophene rings is 1. The van der Waals surface area contributed by atoms with E-state index in [1.807, 2.05) is 16.8 Å². The van der Waals surface area contributed by atoms with Gasteiger partial charge in [-0.2, -0.15) is 16.4 Å². The number of nitro benzene ring substituents is 1. The predicted molar refractivity (Wildman–Crippen MR) is 96.9 cm³/mol. The van der Waals surface area contributed by atoms with E-state index in [0.29, 0.717) is 11.5 Å². The van der Waals surface area contributed by atoms with Crippen LogP contribution in [0.4, 0.5) is 11.5 Å². The van der Waals surface area contributed by atoms with Gasteiger partial charge < -0.3 is 5.32 Å². The average molecular weight is 354 g/mol. The number of hydrogen-bond acceptors (Lipinski definition) is 5. The summed E-state index contributed by atoms with van der Waals surface area (Å²) in [5, 5.41) is 21.7. The third kappa shape index (κ3) is 3.99. The van der Waals surface area contributed by atoms with Gasteiger partial charge in [0.2, 0.25) is 5.91 Å². The zero-order valence-electron chi connectivity index (χ0n) is 13.2. The molecule has 0 atom stereocenters. The van der Waals surface area contributed by atoms with Gasteiger partial charge in [0.1, 0.15) is 5.82 Å². The summed E-state index contributed by atoms with van der Waals surface area (Å²) in [7, 11) is 0. The van der Waals surface area contributed by atoms with Crippen molar-refractivity contribution in [3.8, 4) is 5.69 Å². The number of benzene rings is 1. The maximum absolute atomic E-state index is 12.1. The largest absolute Gasteiger partial charge is 0.307 e. The fourth-order valence-electron chi connectivity index (χ4n) is 2.21. The number of nitrogens with one attached hydrogen (secondary N) is 1. The molecule has 3 aromatic rings. The summed E-state index contributed by atoms with van der Waals surface area (Å²) < 4.78 is 1.54. The average Bonchev–Trinajstić information content (AvgIpc) is 3.22. The summed E-state index contributed by atoms with van der Waals surface area (Å²) in [6.07, 6.45) is 3.18. The third-order valence-corrected chi connectivity index (χ3v) is 4.06. The van der Waals surface area contributed by atoms with Crippen molar-refractivity contribution in [2.45, 2.75) is 6.92 Å². The summed E-state index contributed by atoms with van der Waals surface area (Å²) in [5.41, 5.74) is 2.29. The number of rotatable bonds is 5. The second kappa shape index (κ2) is 7.10. The Balaban J connectivity index is 1.81. The van der Waals surface area contributed by atoms with E-state index in [1.54, 1.807) is 42.5 Å². The number of carbonyl (C=O) groups excluding carboxylic acids is 1. The first-order valence-corrected chi connectivity index (χ1v) is 8.30. The molecule has 2 aromatic heterocycles. The van der Waals surface area contributed by atoms with Crippen LogP contribution in [-0.2, 0) is 4.79 Å². The Bertz CT molecular complexity index is 927. The molecule has 0 radical (unpaired) electrons. The van der Waals surface area contributed by atoms with Gasteiger partial charge in [0.15, 0.2) is 0 Å². The molecular formula is C17H14N4O3S. The van der Waals surface area contributed by atoms with Crippen LogP contribution in [0.3, 0.4) is 0 Å². The van der Waals surface area contributed by atoms with Crippen molar-refractivity contribution in [3.05, 3.63) is 74.6 Å². The fourth-order valence-corrected chi connectivity index (χ4v) is 2.84. The highest BCUT2D eigenvalue weighted by atomic mass is 32.1. The number of nitro groups is 1. The first-order chi connectivity index (χ1) is 12.0. The molecule has 2 heterocycles. The van der Waals surface area contributed by atoms with Crippen LogP contribution in [0.15, 0.2) is 53.2 Å². The molecule has 1 amide bonds. The van der Waals surface area contributed by atoms with E-state index in [2.05, 4.69) is 10.4 Å². The van der Waals surface area contributed by atoms with Crippen molar-refractivity contribution >= 4 is 34.8 Å². The lowest BCUT2D eigenvalue weighted by Gasteiger charge is -2.07. The molecule has 25 heavy (non-hydrogen) atoms. The molecule has 1 aromatic carbocycles. The Morgan fingerprint density at radius 2 is 2.08 bits per heavy atom. The van der Waals surface area contributed by atoms with E-state index in [4.69, 9.17) is 0 Å². The van der Waals surface area contributed by atoms with Crippen LogP contribution in [0.25, 0.3) is 11.8 Å². The number of non-ortho nitro benzene ring substituents is 1. The Morgan fingerprint density at radius 3 is 2.72 bits per heavy atom. The molecule has 0 bridgehead atoms. The highest BCUT2D eigenvalue weighted by Crippen LogP contribution is 2.20. The lowest BCUT2D eigenvalue weighted by Crippen LogP contribution is -2.12. The number of aromatic nitrogens is 2. The minimum atomic E-state index is -0.462. The fraction of sp³-hybridized carbons (Fsp3) is 0.0588. The maximum atomic E-state index is 12.1. The number of nitrogens with zero attached hydrogens (tertiary/aromatic N) is 3. The van der Waals surface area contributed by atoms with Crippen molar-refractivity contribution in [1.29, 1.82) is 0 Å². The summed E-state index contributed by atoms with van der Waals surface area (Å²) >= 11 is 1.56. The number of anilines is 1. The lowest BCUT2D eigenvalue weighted by atomic mass is 10.3. The highest BCUT2D eigenvalue weighted by Gasteiger charge is 2.11. The number of hydrogen-bond donors (Lipinski definition) is 1. The molecule has 0 aliphatic heterocycles. The summed E-state index contributed by atoms with van der Waals surface area (Å²) in [6, 6.07) is 9.61. The first kappa shape index (κ1) is 16.6. The number of carbonyl (C=O) groups is 1. The second-order valence-electron chi connectivity index (χ2n) is 5.24. The quantitative estimate of drug-likeness (QED) is 0.429. The zero-order valence-corrected chi connectivity index (χ0v) is 14.1. The molecule has 0 aliphatic carbocycles. The Kier molecular flexibility index (Phi) is 4.71. The first-order valence-electron chi connectivity index (χ1n) is 7.36. The molecule has 3 rings (SSSR count). The second-order valence-corrected chi connectivity index (χ2v) is 6.02. The molecule has 1 N–H and O–H groups in total. The lowest BCUT2D eigenvalue weighted by molar-refractivity contribution is -0.384. The van der Waals surface area contributed by atoms with Gasteiger partial charge >= 0.3 is 0 Å². The molecule has 0 saturated carbocycles. The normalized spacial score (nSPS) is 10.9. The monoisotopic (exact) mass is 354 g/mol. The van der Waals surface area contributed by atoms with E-state index in [9.17, 15) is 14.9 Å². The zero-order chi connectivity index (χ0) is 17.8. The van der Waals surface area contributed by atoms with Gasteiger partial charge in [-0.3, -0.25) is 14.9 Å². The maximum Gasteiger partial charge on any atom is 0.269 e.